The summed E-state index contributed by atoms with van der Waals surface area (Å²) in [6.07, 6.45) is -10.1. The van der Waals surface area contributed by atoms with E-state index in [1.807, 2.05) is 0 Å². The summed E-state index contributed by atoms with van der Waals surface area (Å²) in [4.78, 5) is 36.3. The first-order valence-electron chi connectivity index (χ1n) is 12.8. The molecule has 16 nitrogen and oxygen atoms in total. The van der Waals surface area contributed by atoms with E-state index < -0.39 is 76.4 Å². The zero-order chi connectivity index (χ0) is 31.9. The van der Waals surface area contributed by atoms with Crippen LogP contribution in [0.1, 0.15) is 0 Å². The molecule has 1 saturated heterocycles. The number of nitrogens with zero attached hydrogens (tertiary/aromatic N) is 1. The lowest BCUT2D eigenvalue weighted by molar-refractivity contribution is -0.384. The Hall–Kier alpha value is -5.26. The number of primary amides is 1. The molecular weight excluding hydrogens is 588 g/mol. The predicted molar refractivity (Wildman–Crippen MR) is 148 cm³/mol. The van der Waals surface area contributed by atoms with Crippen molar-refractivity contribution in [3.63, 3.8) is 0 Å². The number of nitro benzene ring substituents is 1. The number of ether oxygens (including phenoxy) is 3. The van der Waals surface area contributed by atoms with Gasteiger partial charge in [-0.05, 0) is 29.8 Å². The second-order valence-electron chi connectivity index (χ2n) is 9.65. The van der Waals surface area contributed by atoms with E-state index in [0.29, 0.717) is 0 Å². The van der Waals surface area contributed by atoms with E-state index in [1.54, 1.807) is 0 Å². The van der Waals surface area contributed by atoms with Crippen molar-refractivity contribution < 1.29 is 59.0 Å². The third kappa shape index (κ3) is 5.46. The minimum Gasteiger partial charge on any atom is -0.508 e. The molecule has 1 aliphatic rings. The number of aliphatic hydroxyl groups is 4. The predicted octanol–water partition coefficient (Wildman–Crippen LogP) is 1.08. The quantitative estimate of drug-likeness (QED) is 0.114. The molecule has 3 unspecified atom stereocenters. The highest BCUT2D eigenvalue weighted by Gasteiger charge is 2.45. The first kappa shape index (κ1) is 30.2. The van der Waals surface area contributed by atoms with Gasteiger partial charge >= 0.3 is 6.09 Å². The highest BCUT2D eigenvalue weighted by molar-refractivity contribution is 5.95. The smallest absolute Gasteiger partial charge is 0.410 e. The van der Waals surface area contributed by atoms with E-state index in [9.17, 15) is 50.3 Å². The summed E-state index contributed by atoms with van der Waals surface area (Å²) in [6, 6.07) is 11.3. The van der Waals surface area contributed by atoms with Crippen LogP contribution in [-0.4, -0.2) is 79.0 Å². The van der Waals surface area contributed by atoms with Gasteiger partial charge in [0.1, 0.15) is 46.9 Å². The third-order valence-corrected chi connectivity index (χ3v) is 6.87. The molecule has 44 heavy (non-hydrogen) atoms. The number of aromatic hydroxyl groups is 2. The van der Waals surface area contributed by atoms with Gasteiger partial charge in [0.15, 0.2) is 11.5 Å². The van der Waals surface area contributed by atoms with Crippen LogP contribution in [0, 0.1) is 10.1 Å². The summed E-state index contributed by atoms with van der Waals surface area (Å²) in [5.41, 5.74) is 3.97. The molecule has 3 aromatic carbocycles. The maximum atomic E-state index is 14.0. The van der Waals surface area contributed by atoms with Crippen LogP contribution in [0.3, 0.4) is 0 Å². The van der Waals surface area contributed by atoms with Gasteiger partial charge in [-0.3, -0.25) is 14.9 Å². The summed E-state index contributed by atoms with van der Waals surface area (Å²) in [6.45, 7) is -0.786. The molecule has 1 aromatic heterocycles. The summed E-state index contributed by atoms with van der Waals surface area (Å²) < 4.78 is 21.9. The lowest BCUT2D eigenvalue weighted by atomic mass is 9.97. The molecule has 5 atom stereocenters. The fourth-order valence-electron chi connectivity index (χ4n) is 4.70. The lowest BCUT2D eigenvalue weighted by Crippen LogP contribution is -2.60. The number of carbonyl (C=O) groups excluding carboxylic acids is 1. The van der Waals surface area contributed by atoms with Crippen LogP contribution in [0.5, 0.6) is 23.0 Å². The number of phenolic OH excluding ortho intramolecular Hbond substituents is 2. The molecule has 16 heteroatoms. The van der Waals surface area contributed by atoms with Crippen LogP contribution in [-0.2, 0) is 4.74 Å². The molecule has 4 aromatic rings. The van der Waals surface area contributed by atoms with Crippen LogP contribution in [0.4, 0.5) is 10.5 Å². The van der Waals surface area contributed by atoms with E-state index in [1.165, 1.54) is 48.5 Å². The average Bonchev–Trinajstić information content (AvgIpc) is 2.99. The van der Waals surface area contributed by atoms with E-state index in [4.69, 9.17) is 24.4 Å². The topological polar surface area (TPSA) is 266 Å². The van der Waals surface area contributed by atoms with E-state index in [-0.39, 0.29) is 39.5 Å². The van der Waals surface area contributed by atoms with Gasteiger partial charge in [0, 0.05) is 23.8 Å². The number of nitrogens with two attached hydrogens (primary N) is 1. The normalized spacial score (nSPS) is 21.6. The van der Waals surface area contributed by atoms with Gasteiger partial charge in [-0.15, -0.1) is 0 Å². The molecule has 2 heterocycles. The van der Waals surface area contributed by atoms with Gasteiger partial charge in [-0.2, -0.15) is 0 Å². The Morgan fingerprint density at radius 3 is 2.20 bits per heavy atom. The first-order chi connectivity index (χ1) is 20.9. The number of fused-ring (bicyclic) bond motifs is 1. The van der Waals surface area contributed by atoms with Gasteiger partial charge in [0.2, 0.25) is 17.5 Å². The number of hydrogen-bond donors (Lipinski definition) is 7. The van der Waals surface area contributed by atoms with Crippen molar-refractivity contribution in [1.29, 1.82) is 0 Å². The number of rotatable bonds is 7. The van der Waals surface area contributed by atoms with Crippen LogP contribution in [0.25, 0.3) is 33.4 Å². The second kappa shape index (κ2) is 11.8. The molecule has 0 spiro atoms. The fraction of sp³-hybridized carbons (Fsp3) is 0.214. The molecule has 0 bridgehead atoms. The van der Waals surface area contributed by atoms with Crippen LogP contribution in [0.15, 0.2) is 63.8 Å². The Balaban J connectivity index is 1.75. The number of benzene rings is 3. The highest BCUT2D eigenvalue weighted by Crippen LogP contribution is 2.45. The Labute approximate surface area is 245 Å². The maximum absolute atomic E-state index is 14.0. The molecule has 1 fully saturated rings. The Kier molecular flexibility index (Phi) is 8.09. The van der Waals surface area contributed by atoms with Crippen LogP contribution < -0.4 is 20.6 Å². The lowest BCUT2D eigenvalue weighted by Gasteiger charge is -2.39. The number of non-ortho nitro benzene ring substituents is 1. The SMILES string of the molecule is NC(=O)Oc1c(O[C@@H]2OC(CO)[C@@H](O)C(O)C2O)cc2oc(-c3ccc([N+](=O)[O-])cc3)c(-c3ccc(O)cc3)c(=O)c2c1O. The van der Waals surface area contributed by atoms with Crippen molar-refractivity contribution in [2.24, 2.45) is 5.73 Å². The van der Waals surface area contributed by atoms with Gasteiger partial charge in [0.25, 0.3) is 5.69 Å². The fourth-order valence-corrected chi connectivity index (χ4v) is 4.70. The average molecular weight is 613 g/mol. The zero-order valence-electron chi connectivity index (χ0n) is 22.3. The summed E-state index contributed by atoms with van der Waals surface area (Å²) >= 11 is 0. The van der Waals surface area contributed by atoms with E-state index in [2.05, 4.69) is 0 Å². The number of nitro groups is 1. The summed E-state index contributed by atoms with van der Waals surface area (Å²) in [5.74, 6) is -2.59. The Morgan fingerprint density at radius 1 is 0.977 bits per heavy atom. The number of amides is 1. The van der Waals surface area contributed by atoms with Crippen molar-refractivity contribution in [1.82, 2.24) is 0 Å². The van der Waals surface area contributed by atoms with Crippen LogP contribution in [0.2, 0.25) is 0 Å². The van der Waals surface area contributed by atoms with E-state index in [0.717, 1.165) is 6.07 Å². The van der Waals surface area contributed by atoms with Crippen molar-refractivity contribution in [2.45, 2.75) is 30.7 Å². The molecule has 8 N–H and O–H groups in total. The number of hydrogen-bond acceptors (Lipinski definition) is 14. The van der Waals surface area contributed by atoms with Crippen LogP contribution >= 0.6 is 0 Å². The van der Waals surface area contributed by atoms with Crippen molar-refractivity contribution >= 4 is 22.7 Å². The molecule has 5 rings (SSSR count). The zero-order valence-corrected chi connectivity index (χ0v) is 22.3. The molecule has 1 amide bonds. The van der Waals surface area contributed by atoms with Crippen molar-refractivity contribution in [2.75, 3.05) is 6.61 Å². The Morgan fingerprint density at radius 2 is 1.61 bits per heavy atom. The highest BCUT2D eigenvalue weighted by atomic mass is 16.7. The molecule has 230 valence electrons. The minimum absolute atomic E-state index is 0.120. The molecule has 0 aliphatic carbocycles. The number of carbonyl (C=O) groups is 1. The van der Waals surface area contributed by atoms with E-state index >= 15 is 0 Å². The molecule has 1 aliphatic heterocycles. The van der Waals surface area contributed by atoms with Gasteiger partial charge < -0.3 is 55.0 Å². The largest absolute Gasteiger partial charge is 0.508 e. The molecule has 0 saturated carbocycles. The Bertz CT molecular complexity index is 1790. The summed E-state index contributed by atoms with van der Waals surface area (Å²) in [5, 5.41) is 71.8. The summed E-state index contributed by atoms with van der Waals surface area (Å²) in [7, 11) is 0. The number of aliphatic hydroxyl groups excluding tert-OH is 4. The van der Waals surface area contributed by atoms with Gasteiger partial charge in [-0.25, -0.2) is 4.79 Å². The maximum Gasteiger partial charge on any atom is 0.410 e. The standard InChI is InChI=1S/C28H24N2O14/c29-28(38)44-26-16(42-27-24(37)23(36)20(33)17(10-31)43-27)9-15-19(22(26)35)21(34)18(11-3-7-14(32)8-4-11)25(41-15)12-1-5-13(6-2-12)30(39)40/h1-9,17,20,23-24,27,31-33,35-37H,10H2,(H2,29,38)/t17?,20-,23?,24?,27-/m1/s1. The molecule has 0 radical (unpaired) electrons. The first-order valence-corrected chi connectivity index (χ1v) is 12.8. The monoisotopic (exact) mass is 612 g/mol. The van der Waals surface area contributed by atoms with Gasteiger partial charge in [-0.1, -0.05) is 12.1 Å². The third-order valence-electron chi connectivity index (χ3n) is 6.87. The minimum atomic E-state index is -1.91. The van der Waals surface area contributed by atoms with Crippen molar-refractivity contribution in [3.05, 3.63) is 74.9 Å². The second-order valence-corrected chi connectivity index (χ2v) is 9.65. The van der Waals surface area contributed by atoms with Gasteiger partial charge in [0.05, 0.1) is 17.1 Å². The molecular formula is C28H24N2O14. The van der Waals surface area contributed by atoms with Crippen molar-refractivity contribution in [3.8, 4) is 45.4 Å². The number of phenols is 2.